The van der Waals surface area contributed by atoms with Crippen molar-refractivity contribution < 1.29 is 4.79 Å². The lowest BCUT2D eigenvalue weighted by molar-refractivity contribution is 0.0951. The maximum atomic E-state index is 12.5. The molecule has 0 radical (unpaired) electrons. The second kappa shape index (κ2) is 7.11. The maximum absolute atomic E-state index is 12.5. The number of hydrogen-bond donors (Lipinski definition) is 1. The van der Waals surface area contributed by atoms with Crippen molar-refractivity contribution in [2.24, 2.45) is 0 Å². The van der Waals surface area contributed by atoms with Crippen LogP contribution in [0.25, 0.3) is 0 Å². The average Bonchev–Trinajstić information content (AvgIpc) is 3.33. The van der Waals surface area contributed by atoms with Crippen LogP contribution in [0.3, 0.4) is 0 Å². The van der Waals surface area contributed by atoms with Crippen molar-refractivity contribution in [2.75, 3.05) is 18.0 Å². The first-order valence-corrected chi connectivity index (χ1v) is 9.42. The maximum Gasteiger partial charge on any atom is 0.251 e. The van der Waals surface area contributed by atoms with Gasteiger partial charge in [0.15, 0.2) is 0 Å². The number of para-hydroxylation sites is 1. The molecule has 0 aliphatic carbocycles. The smallest absolute Gasteiger partial charge is 0.251 e. The molecule has 2 aromatic carbocycles. The molecule has 25 heavy (non-hydrogen) atoms. The number of fused-ring (bicyclic) bond motifs is 1. The van der Waals surface area contributed by atoms with Gasteiger partial charge in [-0.15, -0.1) is 11.3 Å². The van der Waals surface area contributed by atoms with E-state index < -0.39 is 0 Å². The minimum atomic E-state index is -0.0189. The highest BCUT2D eigenvalue weighted by Crippen LogP contribution is 2.36. The fourth-order valence-electron chi connectivity index (χ4n) is 3.41. The molecule has 0 unspecified atom stereocenters. The lowest BCUT2D eigenvalue weighted by atomic mass is 10.1. The predicted molar refractivity (Wildman–Crippen MR) is 103 cm³/mol. The van der Waals surface area contributed by atoms with Gasteiger partial charge in [0.2, 0.25) is 0 Å². The molecular weight excluding hydrogens is 328 g/mol. The van der Waals surface area contributed by atoms with Gasteiger partial charge in [-0.2, -0.15) is 0 Å². The standard InChI is InChI=1S/C21H20N2OS/c24-21(17-8-2-1-3-9-17)22-15-19(20-11-6-14-25-20)23-13-12-16-7-4-5-10-18(16)23/h1-11,14,19H,12-13,15H2,(H,22,24)/t19-/m0/s1. The van der Waals surface area contributed by atoms with Crippen LogP contribution in [0, 0.1) is 0 Å². The summed E-state index contributed by atoms with van der Waals surface area (Å²) in [5.74, 6) is -0.0189. The molecule has 0 fully saturated rings. The van der Waals surface area contributed by atoms with E-state index in [1.54, 1.807) is 11.3 Å². The molecule has 0 spiro atoms. The Morgan fingerprint density at radius 1 is 1.04 bits per heavy atom. The number of nitrogens with zero attached hydrogens (tertiary/aromatic N) is 1. The van der Waals surface area contributed by atoms with Crippen molar-refractivity contribution in [1.82, 2.24) is 5.32 Å². The predicted octanol–water partition coefficient (Wildman–Crippen LogP) is 4.28. The van der Waals surface area contributed by atoms with E-state index in [9.17, 15) is 4.79 Å². The van der Waals surface area contributed by atoms with Crippen molar-refractivity contribution in [1.29, 1.82) is 0 Å². The van der Waals surface area contributed by atoms with Crippen molar-refractivity contribution in [3.05, 3.63) is 88.1 Å². The van der Waals surface area contributed by atoms with Gasteiger partial charge >= 0.3 is 0 Å². The van der Waals surface area contributed by atoms with Gasteiger partial charge in [-0.1, -0.05) is 42.5 Å². The van der Waals surface area contributed by atoms with Gasteiger partial charge in [-0.25, -0.2) is 0 Å². The van der Waals surface area contributed by atoms with Crippen molar-refractivity contribution in [3.8, 4) is 0 Å². The topological polar surface area (TPSA) is 32.3 Å². The van der Waals surface area contributed by atoms with Gasteiger partial charge in [0.25, 0.3) is 5.91 Å². The van der Waals surface area contributed by atoms with Gasteiger partial charge in [0, 0.05) is 29.2 Å². The van der Waals surface area contributed by atoms with Crippen LogP contribution in [0.1, 0.15) is 26.8 Å². The number of thiophene rings is 1. The first-order chi connectivity index (χ1) is 12.3. The van der Waals surface area contributed by atoms with Gasteiger partial charge in [-0.3, -0.25) is 4.79 Å². The lowest BCUT2D eigenvalue weighted by Gasteiger charge is -2.30. The molecule has 3 aromatic rings. The van der Waals surface area contributed by atoms with Crippen LogP contribution in [-0.2, 0) is 6.42 Å². The van der Waals surface area contributed by atoms with Gasteiger partial charge in [-0.05, 0) is 41.6 Å². The summed E-state index contributed by atoms with van der Waals surface area (Å²) in [6.45, 7) is 1.59. The van der Waals surface area contributed by atoms with Crippen LogP contribution in [0.4, 0.5) is 5.69 Å². The van der Waals surface area contributed by atoms with E-state index in [1.165, 1.54) is 16.1 Å². The normalized spacial score (nSPS) is 14.2. The van der Waals surface area contributed by atoms with Crippen LogP contribution in [0.2, 0.25) is 0 Å². The molecular formula is C21H20N2OS. The van der Waals surface area contributed by atoms with Crippen LogP contribution in [0.15, 0.2) is 72.1 Å². The van der Waals surface area contributed by atoms with Crippen LogP contribution in [0.5, 0.6) is 0 Å². The van der Waals surface area contributed by atoms with E-state index in [1.807, 2.05) is 30.3 Å². The molecule has 126 valence electrons. The Balaban J connectivity index is 1.55. The minimum Gasteiger partial charge on any atom is -0.361 e. The summed E-state index contributed by atoms with van der Waals surface area (Å²) in [4.78, 5) is 16.2. The summed E-state index contributed by atoms with van der Waals surface area (Å²) >= 11 is 1.75. The number of anilines is 1. The quantitative estimate of drug-likeness (QED) is 0.746. The third-order valence-corrected chi connectivity index (χ3v) is 5.64. The summed E-state index contributed by atoms with van der Waals surface area (Å²) in [5, 5.41) is 5.22. The Hall–Kier alpha value is -2.59. The minimum absolute atomic E-state index is 0.0189. The zero-order valence-corrected chi connectivity index (χ0v) is 14.7. The monoisotopic (exact) mass is 348 g/mol. The lowest BCUT2D eigenvalue weighted by Crippen LogP contribution is -2.37. The fraction of sp³-hybridized carbons (Fsp3) is 0.190. The summed E-state index contributed by atoms with van der Waals surface area (Å²) in [5.41, 5.74) is 3.38. The molecule has 2 heterocycles. The zero-order valence-electron chi connectivity index (χ0n) is 13.9. The van der Waals surface area contributed by atoms with Crippen LogP contribution < -0.4 is 10.2 Å². The number of hydrogen-bond acceptors (Lipinski definition) is 3. The average molecular weight is 348 g/mol. The second-order valence-corrected chi connectivity index (χ2v) is 7.16. The molecule has 4 rings (SSSR count). The number of carbonyl (C=O) groups excluding carboxylic acids is 1. The van der Waals surface area contributed by atoms with E-state index >= 15 is 0 Å². The molecule has 1 atom stereocenters. The van der Waals surface area contributed by atoms with E-state index in [-0.39, 0.29) is 11.9 Å². The number of nitrogens with one attached hydrogen (secondary N) is 1. The molecule has 4 heteroatoms. The van der Waals surface area contributed by atoms with E-state index in [2.05, 4.69) is 52.0 Å². The Kier molecular flexibility index (Phi) is 4.53. The van der Waals surface area contributed by atoms with E-state index in [0.29, 0.717) is 12.1 Å². The number of carbonyl (C=O) groups is 1. The van der Waals surface area contributed by atoms with Crippen molar-refractivity contribution >= 4 is 22.9 Å². The summed E-state index contributed by atoms with van der Waals surface area (Å²) < 4.78 is 0. The van der Waals surface area contributed by atoms with Crippen molar-refractivity contribution in [3.63, 3.8) is 0 Å². The summed E-state index contributed by atoms with van der Waals surface area (Å²) in [6.07, 6.45) is 1.06. The van der Waals surface area contributed by atoms with Crippen LogP contribution in [-0.4, -0.2) is 19.0 Å². The third-order valence-electron chi connectivity index (χ3n) is 4.66. The highest BCUT2D eigenvalue weighted by atomic mass is 32.1. The summed E-state index contributed by atoms with van der Waals surface area (Å²) in [6, 6.07) is 22.4. The van der Waals surface area contributed by atoms with E-state index in [4.69, 9.17) is 0 Å². The third kappa shape index (κ3) is 3.30. The molecule has 0 saturated heterocycles. The molecule has 0 bridgehead atoms. The van der Waals surface area contributed by atoms with Gasteiger partial charge in [0.05, 0.1) is 6.04 Å². The first-order valence-electron chi connectivity index (χ1n) is 8.54. The fourth-order valence-corrected chi connectivity index (χ4v) is 4.25. The first kappa shape index (κ1) is 15.9. The number of amides is 1. The molecule has 3 nitrogen and oxygen atoms in total. The SMILES string of the molecule is O=C(NC[C@@H](c1cccs1)N1CCc2ccccc21)c1ccccc1. The Morgan fingerprint density at radius 3 is 2.64 bits per heavy atom. The Labute approximate surface area is 151 Å². The molecule has 1 aliphatic heterocycles. The van der Waals surface area contributed by atoms with E-state index in [0.717, 1.165) is 13.0 Å². The molecule has 1 aliphatic rings. The second-order valence-electron chi connectivity index (χ2n) is 6.18. The highest BCUT2D eigenvalue weighted by molar-refractivity contribution is 7.10. The Bertz CT molecular complexity index is 845. The zero-order chi connectivity index (χ0) is 17.1. The number of benzene rings is 2. The van der Waals surface area contributed by atoms with Gasteiger partial charge < -0.3 is 10.2 Å². The highest BCUT2D eigenvalue weighted by Gasteiger charge is 2.28. The number of rotatable bonds is 5. The Morgan fingerprint density at radius 2 is 1.84 bits per heavy atom. The van der Waals surface area contributed by atoms with Gasteiger partial charge in [0.1, 0.15) is 0 Å². The summed E-state index contributed by atoms with van der Waals surface area (Å²) in [7, 11) is 0. The largest absolute Gasteiger partial charge is 0.361 e. The van der Waals surface area contributed by atoms with Crippen molar-refractivity contribution in [2.45, 2.75) is 12.5 Å². The molecule has 1 aromatic heterocycles. The molecule has 1 N–H and O–H groups in total. The molecule has 0 saturated carbocycles. The molecule has 1 amide bonds. The van der Waals surface area contributed by atoms with Crippen LogP contribution >= 0.6 is 11.3 Å².